The van der Waals surface area contributed by atoms with Crippen molar-refractivity contribution >= 4 is 11.6 Å². The van der Waals surface area contributed by atoms with Gasteiger partial charge in [0.05, 0.1) is 5.56 Å². The van der Waals surface area contributed by atoms with E-state index in [-0.39, 0.29) is 0 Å². The molecular weight excluding hydrogens is 264 g/mol. The Morgan fingerprint density at radius 1 is 1.10 bits per heavy atom. The summed E-state index contributed by atoms with van der Waals surface area (Å²) >= 11 is 0. The van der Waals surface area contributed by atoms with Crippen LogP contribution in [0.15, 0.2) is 30.3 Å². The largest absolute Gasteiger partial charge is 0.488 e. The minimum Gasteiger partial charge on any atom is -0.488 e. The number of hydrogen-bond donors (Lipinski definition) is 2. The molecule has 2 aromatic carbocycles. The van der Waals surface area contributed by atoms with E-state index in [2.05, 4.69) is 32.9 Å². The molecule has 0 aromatic heterocycles. The summed E-state index contributed by atoms with van der Waals surface area (Å²) in [5, 5.41) is 0. The lowest BCUT2D eigenvalue weighted by Crippen LogP contribution is -2.14. The summed E-state index contributed by atoms with van der Waals surface area (Å²) in [5.74, 6) is -0.0919. The van der Waals surface area contributed by atoms with Gasteiger partial charge in [-0.05, 0) is 55.7 Å². The Kier molecular flexibility index (Phi) is 4.17. The first-order valence-corrected chi connectivity index (χ1v) is 6.77. The van der Waals surface area contributed by atoms with Crippen molar-refractivity contribution in [1.82, 2.24) is 0 Å². The maximum atomic E-state index is 11.5. The van der Waals surface area contributed by atoms with E-state index in [1.165, 1.54) is 22.8 Å². The smallest absolute Gasteiger partial charge is 0.252 e. The Hall–Kier alpha value is -2.49. The lowest BCUT2D eigenvalue weighted by molar-refractivity contribution is 0.0996. The van der Waals surface area contributed by atoms with E-state index in [9.17, 15) is 4.79 Å². The lowest BCUT2D eigenvalue weighted by atomic mass is 10.0. The van der Waals surface area contributed by atoms with Crippen LogP contribution in [-0.4, -0.2) is 5.91 Å². The van der Waals surface area contributed by atoms with Crippen LogP contribution in [0.1, 0.15) is 32.6 Å². The van der Waals surface area contributed by atoms with Gasteiger partial charge in [0.1, 0.15) is 12.4 Å². The molecule has 0 radical (unpaired) electrons. The molecule has 0 spiro atoms. The molecule has 0 atom stereocenters. The molecule has 4 nitrogen and oxygen atoms in total. The Balaban J connectivity index is 2.27. The van der Waals surface area contributed by atoms with Gasteiger partial charge in [0, 0.05) is 5.69 Å². The summed E-state index contributed by atoms with van der Waals surface area (Å²) in [6.07, 6.45) is 0. The van der Waals surface area contributed by atoms with Crippen LogP contribution in [0, 0.1) is 20.8 Å². The van der Waals surface area contributed by atoms with Crippen molar-refractivity contribution in [2.75, 3.05) is 5.73 Å². The number of nitrogen functional groups attached to an aromatic ring is 1. The molecule has 21 heavy (non-hydrogen) atoms. The van der Waals surface area contributed by atoms with Gasteiger partial charge in [-0.25, -0.2) is 0 Å². The van der Waals surface area contributed by atoms with Gasteiger partial charge in [-0.2, -0.15) is 0 Å². The molecule has 4 heteroatoms. The monoisotopic (exact) mass is 284 g/mol. The Morgan fingerprint density at radius 2 is 1.71 bits per heavy atom. The second kappa shape index (κ2) is 5.87. The standard InChI is InChI=1S/C17H20N2O2/c1-10-6-11(2)15(12(3)7-10)9-21-16-5-4-13(18)8-14(16)17(19)20/h4-8H,9,18H2,1-3H3,(H2,19,20). The molecule has 2 rings (SSSR count). The van der Waals surface area contributed by atoms with Gasteiger partial charge in [-0.3, -0.25) is 4.79 Å². The fourth-order valence-electron chi connectivity index (χ4n) is 2.45. The van der Waals surface area contributed by atoms with E-state index in [0.717, 1.165) is 5.56 Å². The third-order valence-corrected chi connectivity index (χ3v) is 3.48. The van der Waals surface area contributed by atoms with E-state index in [1.807, 2.05) is 0 Å². The number of aryl methyl sites for hydroxylation is 3. The van der Waals surface area contributed by atoms with Crippen molar-refractivity contribution in [3.63, 3.8) is 0 Å². The number of primary amides is 1. The van der Waals surface area contributed by atoms with Crippen LogP contribution >= 0.6 is 0 Å². The van der Waals surface area contributed by atoms with E-state index < -0.39 is 5.91 Å². The number of rotatable bonds is 4. The van der Waals surface area contributed by atoms with Crippen molar-refractivity contribution in [3.05, 3.63) is 58.1 Å². The van der Waals surface area contributed by atoms with Crippen molar-refractivity contribution in [2.45, 2.75) is 27.4 Å². The minimum absolute atomic E-state index is 0.303. The van der Waals surface area contributed by atoms with Crippen LogP contribution < -0.4 is 16.2 Å². The van der Waals surface area contributed by atoms with Gasteiger partial charge in [-0.15, -0.1) is 0 Å². The zero-order valence-corrected chi connectivity index (χ0v) is 12.6. The fourth-order valence-corrected chi connectivity index (χ4v) is 2.45. The van der Waals surface area contributed by atoms with E-state index in [4.69, 9.17) is 16.2 Å². The summed E-state index contributed by atoms with van der Waals surface area (Å²) in [5.41, 5.74) is 16.5. The van der Waals surface area contributed by atoms with Gasteiger partial charge in [-0.1, -0.05) is 17.7 Å². The van der Waals surface area contributed by atoms with E-state index in [0.29, 0.717) is 23.6 Å². The highest BCUT2D eigenvalue weighted by molar-refractivity contribution is 5.96. The zero-order valence-electron chi connectivity index (χ0n) is 12.6. The number of nitrogens with two attached hydrogens (primary N) is 2. The Labute approximate surface area is 124 Å². The molecule has 4 N–H and O–H groups in total. The second-order valence-corrected chi connectivity index (χ2v) is 5.29. The predicted octanol–water partition coefficient (Wildman–Crippen LogP) is 2.87. The number of carbonyl (C=O) groups is 1. The number of anilines is 1. The molecule has 2 aromatic rings. The van der Waals surface area contributed by atoms with Crippen molar-refractivity contribution < 1.29 is 9.53 Å². The summed E-state index contributed by atoms with van der Waals surface area (Å²) in [4.78, 5) is 11.5. The molecular formula is C17H20N2O2. The molecule has 0 saturated carbocycles. The molecule has 0 bridgehead atoms. The second-order valence-electron chi connectivity index (χ2n) is 5.29. The van der Waals surface area contributed by atoms with E-state index in [1.54, 1.807) is 12.1 Å². The van der Waals surface area contributed by atoms with Crippen LogP contribution in [0.5, 0.6) is 5.75 Å². The van der Waals surface area contributed by atoms with E-state index >= 15 is 0 Å². The molecule has 0 fully saturated rings. The van der Waals surface area contributed by atoms with Crippen LogP contribution in [-0.2, 0) is 6.61 Å². The predicted molar refractivity (Wildman–Crippen MR) is 84.4 cm³/mol. The van der Waals surface area contributed by atoms with Crippen LogP contribution in [0.25, 0.3) is 0 Å². The van der Waals surface area contributed by atoms with Gasteiger partial charge >= 0.3 is 0 Å². The SMILES string of the molecule is Cc1cc(C)c(COc2ccc(N)cc2C(N)=O)c(C)c1. The first-order valence-electron chi connectivity index (χ1n) is 6.77. The van der Waals surface area contributed by atoms with Crippen molar-refractivity contribution in [1.29, 1.82) is 0 Å². The maximum Gasteiger partial charge on any atom is 0.252 e. The third kappa shape index (κ3) is 3.34. The average molecular weight is 284 g/mol. The van der Waals surface area contributed by atoms with Crippen molar-refractivity contribution in [2.24, 2.45) is 5.73 Å². The van der Waals surface area contributed by atoms with Crippen molar-refractivity contribution in [3.8, 4) is 5.75 Å². The molecule has 0 aliphatic carbocycles. The van der Waals surface area contributed by atoms with Gasteiger partial charge in [0.2, 0.25) is 0 Å². The number of amides is 1. The summed E-state index contributed by atoms with van der Waals surface area (Å²) < 4.78 is 5.78. The van der Waals surface area contributed by atoms with Crippen LogP contribution in [0.3, 0.4) is 0 Å². The third-order valence-electron chi connectivity index (χ3n) is 3.48. The molecule has 0 heterocycles. The summed E-state index contributed by atoms with van der Waals surface area (Å²) in [6, 6.07) is 9.13. The number of hydrogen-bond acceptors (Lipinski definition) is 3. The maximum absolute atomic E-state index is 11.5. The van der Waals surface area contributed by atoms with Gasteiger partial charge in [0.25, 0.3) is 5.91 Å². The first kappa shape index (κ1) is 14.9. The van der Waals surface area contributed by atoms with Crippen LogP contribution in [0.4, 0.5) is 5.69 Å². The fraction of sp³-hybridized carbons (Fsp3) is 0.235. The van der Waals surface area contributed by atoms with Crippen LogP contribution in [0.2, 0.25) is 0 Å². The zero-order chi connectivity index (χ0) is 15.6. The highest BCUT2D eigenvalue weighted by Gasteiger charge is 2.11. The number of ether oxygens (including phenoxy) is 1. The number of carbonyl (C=O) groups excluding carboxylic acids is 1. The number of benzene rings is 2. The molecule has 0 saturated heterocycles. The molecule has 1 amide bonds. The highest BCUT2D eigenvalue weighted by Crippen LogP contribution is 2.24. The minimum atomic E-state index is -0.547. The lowest BCUT2D eigenvalue weighted by Gasteiger charge is -2.14. The summed E-state index contributed by atoms with van der Waals surface area (Å²) in [7, 11) is 0. The Morgan fingerprint density at radius 3 is 2.29 bits per heavy atom. The molecule has 110 valence electrons. The Bertz CT molecular complexity index is 670. The van der Waals surface area contributed by atoms with Gasteiger partial charge in [0.15, 0.2) is 0 Å². The first-order chi connectivity index (χ1) is 9.88. The molecule has 0 unspecified atom stereocenters. The normalized spacial score (nSPS) is 10.4. The molecule has 0 aliphatic rings. The average Bonchev–Trinajstić information content (AvgIpc) is 2.38. The topological polar surface area (TPSA) is 78.3 Å². The van der Waals surface area contributed by atoms with Gasteiger partial charge < -0.3 is 16.2 Å². The quantitative estimate of drug-likeness (QED) is 0.847. The summed E-state index contributed by atoms with van der Waals surface area (Å²) in [6.45, 7) is 6.56. The molecule has 0 aliphatic heterocycles. The highest BCUT2D eigenvalue weighted by atomic mass is 16.5.